The maximum Gasteiger partial charge on any atom is 0.0635 e. The van der Waals surface area contributed by atoms with Crippen molar-refractivity contribution in [3.8, 4) is 6.07 Å². The number of nitriles is 1. The van der Waals surface area contributed by atoms with Gasteiger partial charge in [-0.3, -0.25) is 14.8 Å². The quantitative estimate of drug-likeness (QED) is 0.777. The van der Waals surface area contributed by atoms with Crippen LogP contribution in [-0.4, -0.2) is 47.5 Å². The molecule has 1 aromatic heterocycles. The van der Waals surface area contributed by atoms with Crippen molar-refractivity contribution in [2.45, 2.75) is 13.0 Å². The second kappa shape index (κ2) is 6.33. The Balaban J connectivity index is 1.74. The fourth-order valence-electron chi connectivity index (χ4n) is 2.13. The molecule has 1 saturated heterocycles. The largest absolute Gasteiger partial charge is 0.300 e. The molecule has 4 nitrogen and oxygen atoms in total. The summed E-state index contributed by atoms with van der Waals surface area (Å²) in [6.45, 7) is 6.26. The summed E-state index contributed by atoms with van der Waals surface area (Å²) in [5.41, 5.74) is 1.32. The minimum absolute atomic E-state index is 0.643. The summed E-state index contributed by atoms with van der Waals surface area (Å²) >= 11 is 0. The van der Waals surface area contributed by atoms with E-state index in [1.54, 1.807) is 0 Å². The molecule has 4 heteroatoms. The van der Waals surface area contributed by atoms with Gasteiger partial charge in [-0.15, -0.1) is 0 Å². The summed E-state index contributed by atoms with van der Waals surface area (Å²) in [7, 11) is 0. The molecule has 17 heavy (non-hydrogen) atoms. The third-order valence-corrected chi connectivity index (χ3v) is 3.16. The van der Waals surface area contributed by atoms with Gasteiger partial charge >= 0.3 is 0 Å². The zero-order valence-electron chi connectivity index (χ0n) is 10.0. The van der Waals surface area contributed by atoms with E-state index < -0.39 is 0 Å². The molecule has 0 amide bonds. The van der Waals surface area contributed by atoms with Gasteiger partial charge < -0.3 is 0 Å². The van der Waals surface area contributed by atoms with E-state index in [0.717, 1.165) is 39.3 Å². The summed E-state index contributed by atoms with van der Waals surface area (Å²) in [5, 5.41) is 8.55. The molecule has 0 bridgehead atoms. The van der Waals surface area contributed by atoms with Crippen LogP contribution in [0, 0.1) is 11.3 Å². The van der Waals surface area contributed by atoms with Crippen LogP contribution in [0.4, 0.5) is 0 Å². The van der Waals surface area contributed by atoms with E-state index in [0.29, 0.717) is 6.42 Å². The van der Waals surface area contributed by atoms with Crippen molar-refractivity contribution in [1.82, 2.24) is 14.8 Å². The molecule has 0 unspecified atom stereocenters. The number of piperazine rings is 1. The monoisotopic (exact) mass is 230 g/mol. The number of pyridine rings is 1. The maximum absolute atomic E-state index is 8.55. The zero-order valence-corrected chi connectivity index (χ0v) is 10.0. The predicted octanol–water partition coefficient (Wildman–Crippen LogP) is 1.11. The topological polar surface area (TPSA) is 43.2 Å². The maximum atomic E-state index is 8.55. The minimum Gasteiger partial charge on any atom is -0.300 e. The SMILES string of the molecule is N#CCCN1CCN(Cc2ccncc2)CC1. The van der Waals surface area contributed by atoms with E-state index in [-0.39, 0.29) is 0 Å². The average molecular weight is 230 g/mol. The Bertz CT molecular complexity index is 363. The minimum atomic E-state index is 0.643. The molecule has 1 aliphatic heterocycles. The van der Waals surface area contributed by atoms with E-state index >= 15 is 0 Å². The van der Waals surface area contributed by atoms with Crippen LogP contribution in [0.2, 0.25) is 0 Å². The van der Waals surface area contributed by atoms with Gasteiger partial charge in [-0.1, -0.05) is 0 Å². The molecule has 0 aliphatic carbocycles. The fourth-order valence-corrected chi connectivity index (χ4v) is 2.13. The van der Waals surface area contributed by atoms with Crippen molar-refractivity contribution in [2.24, 2.45) is 0 Å². The first kappa shape index (κ1) is 12.0. The van der Waals surface area contributed by atoms with Crippen LogP contribution in [0.3, 0.4) is 0 Å². The van der Waals surface area contributed by atoms with E-state index in [9.17, 15) is 0 Å². The van der Waals surface area contributed by atoms with Crippen LogP contribution >= 0.6 is 0 Å². The van der Waals surface area contributed by atoms with E-state index in [1.807, 2.05) is 12.4 Å². The van der Waals surface area contributed by atoms with Crippen molar-refractivity contribution in [1.29, 1.82) is 5.26 Å². The van der Waals surface area contributed by atoms with Crippen LogP contribution in [0.25, 0.3) is 0 Å². The molecule has 0 aromatic carbocycles. The predicted molar refractivity (Wildman–Crippen MR) is 66.2 cm³/mol. The summed E-state index contributed by atoms with van der Waals surface area (Å²) in [4.78, 5) is 8.85. The molecular formula is C13H18N4. The van der Waals surface area contributed by atoms with Crippen LogP contribution < -0.4 is 0 Å². The lowest BCUT2D eigenvalue weighted by atomic mass is 10.2. The highest BCUT2D eigenvalue weighted by Crippen LogP contribution is 2.07. The Hall–Kier alpha value is -1.44. The number of hydrogen-bond donors (Lipinski definition) is 0. The Morgan fingerprint density at radius 1 is 1.12 bits per heavy atom. The highest BCUT2D eigenvalue weighted by Gasteiger charge is 2.16. The average Bonchev–Trinajstić information content (AvgIpc) is 2.39. The van der Waals surface area contributed by atoms with Gasteiger partial charge in [0.15, 0.2) is 0 Å². The van der Waals surface area contributed by atoms with Crippen LogP contribution in [0.1, 0.15) is 12.0 Å². The first-order valence-electron chi connectivity index (χ1n) is 6.09. The van der Waals surface area contributed by atoms with Crippen LogP contribution in [0.5, 0.6) is 0 Å². The van der Waals surface area contributed by atoms with Gasteiger partial charge in [0.1, 0.15) is 0 Å². The van der Waals surface area contributed by atoms with Gasteiger partial charge in [0, 0.05) is 58.1 Å². The zero-order chi connectivity index (χ0) is 11.9. The fraction of sp³-hybridized carbons (Fsp3) is 0.538. The molecule has 0 atom stereocenters. The summed E-state index contributed by atoms with van der Waals surface area (Å²) in [6, 6.07) is 6.35. The lowest BCUT2D eigenvalue weighted by Crippen LogP contribution is -2.46. The Labute approximate surface area is 102 Å². The standard InChI is InChI=1S/C13H18N4/c14-4-1-7-16-8-10-17(11-9-16)12-13-2-5-15-6-3-13/h2-3,5-6H,1,7-12H2. The molecule has 2 rings (SSSR count). The van der Waals surface area contributed by atoms with Gasteiger partial charge in [-0.2, -0.15) is 5.26 Å². The first-order valence-corrected chi connectivity index (χ1v) is 6.09. The smallest absolute Gasteiger partial charge is 0.0635 e. The second-order valence-corrected chi connectivity index (χ2v) is 4.38. The van der Waals surface area contributed by atoms with Gasteiger partial charge in [0.05, 0.1) is 6.07 Å². The highest BCUT2D eigenvalue weighted by molar-refractivity contribution is 5.09. The van der Waals surface area contributed by atoms with Gasteiger partial charge in [-0.25, -0.2) is 0 Å². The van der Waals surface area contributed by atoms with Crippen molar-refractivity contribution in [3.63, 3.8) is 0 Å². The number of aromatic nitrogens is 1. The van der Waals surface area contributed by atoms with Crippen molar-refractivity contribution >= 4 is 0 Å². The molecule has 2 heterocycles. The normalized spacial score (nSPS) is 17.8. The Kier molecular flexibility index (Phi) is 4.48. The molecule has 1 aliphatic rings. The summed E-state index contributed by atoms with van der Waals surface area (Å²) < 4.78 is 0. The molecule has 0 N–H and O–H groups in total. The number of nitrogens with zero attached hydrogens (tertiary/aromatic N) is 4. The van der Waals surface area contributed by atoms with Crippen molar-refractivity contribution < 1.29 is 0 Å². The molecule has 1 fully saturated rings. The van der Waals surface area contributed by atoms with E-state index in [4.69, 9.17) is 5.26 Å². The first-order chi connectivity index (χ1) is 8.38. The number of hydrogen-bond acceptors (Lipinski definition) is 4. The Morgan fingerprint density at radius 3 is 2.41 bits per heavy atom. The van der Waals surface area contributed by atoms with Gasteiger partial charge in [0.25, 0.3) is 0 Å². The Morgan fingerprint density at radius 2 is 1.76 bits per heavy atom. The lowest BCUT2D eigenvalue weighted by molar-refractivity contribution is 0.129. The highest BCUT2D eigenvalue weighted by atomic mass is 15.3. The lowest BCUT2D eigenvalue weighted by Gasteiger charge is -2.34. The third kappa shape index (κ3) is 3.81. The molecule has 0 spiro atoms. The molecule has 90 valence electrons. The summed E-state index contributed by atoms with van der Waals surface area (Å²) in [6.07, 6.45) is 4.33. The van der Waals surface area contributed by atoms with Gasteiger partial charge in [-0.05, 0) is 17.7 Å². The van der Waals surface area contributed by atoms with Crippen LogP contribution in [-0.2, 0) is 6.54 Å². The second-order valence-electron chi connectivity index (χ2n) is 4.38. The summed E-state index contributed by atoms with van der Waals surface area (Å²) in [5.74, 6) is 0. The molecular weight excluding hydrogens is 212 g/mol. The van der Waals surface area contributed by atoms with E-state index in [2.05, 4.69) is 33.0 Å². The third-order valence-electron chi connectivity index (χ3n) is 3.16. The van der Waals surface area contributed by atoms with Gasteiger partial charge in [0.2, 0.25) is 0 Å². The van der Waals surface area contributed by atoms with Crippen LogP contribution in [0.15, 0.2) is 24.5 Å². The molecule has 1 aromatic rings. The van der Waals surface area contributed by atoms with Crippen molar-refractivity contribution in [3.05, 3.63) is 30.1 Å². The van der Waals surface area contributed by atoms with Crippen molar-refractivity contribution in [2.75, 3.05) is 32.7 Å². The molecule has 0 saturated carbocycles. The van der Waals surface area contributed by atoms with E-state index in [1.165, 1.54) is 5.56 Å². The number of rotatable bonds is 4. The molecule has 0 radical (unpaired) electrons.